The van der Waals surface area contributed by atoms with Crippen molar-refractivity contribution in [3.05, 3.63) is 60.4 Å². The highest BCUT2D eigenvalue weighted by atomic mass is 19.1. The fourth-order valence-corrected chi connectivity index (χ4v) is 1.54. The molecule has 21 heavy (non-hydrogen) atoms. The summed E-state index contributed by atoms with van der Waals surface area (Å²) >= 11 is 0. The minimum absolute atomic E-state index is 0.0562. The number of amides is 2. The van der Waals surface area contributed by atoms with Gasteiger partial charge in [0.25, 0.3) is 0 Å². The van der Waals surface area contributed by atoms with Gasteiger partial charge in [-0.1, -0.05) is 30.3 Å². The smallest absolute Gasteiger partial charge is 0.410 e. The number of rotatable bonds is 4. The second-order valence-corrected chi connectivity index (χ2v) is 4.08. The Kier molecular flexibility index (Phi) is 4.87. The number of anilines is 1. The quantitative estimate of drug-likeness (QED) is 0.908. The molecule has 0 radical (unpaired) electrons. The van der Waals surface area contributed by atoms with Crippen LogP contribution in [0, 0.1) is 5.82 Å². The molecule has 0 fully saturated rings. The van der Waals surface area contributed by atoms with Crippen molar-refractivity contribution in [2.75, 3.05) is 11.9 Å². The third kappa shape index (κ3) is 4.61. The topological polar surface area (TPSA) is 67.4 Å². The summed E-state index contributed by atoms with van der Waals surface area (Å²) < 4.78 is 18.2. The lowest BCUT2D eigenvalue weighted by Crippen LogP contribution is -2.34. The molecule has 2 N–H and O–H groups in total. The number of carbonyl (C=O) groups excluding carboxylic acids is 2. The van der Waals surface area contributed by atoms with Crippen molar-refractivity contribution in [3.63, 3.8) is 0 Å². The first kappa shape index (κ1) is 14.5. The van der Waals surface area contributed by atoms with E-state index in [1.165, 1.54) is 18.2 Å². The third-order valence-corrected chi connectivity index (χ3v) is 2.49. The lowest BCUT2D eigenvalue weighted by atomic mass is 10.3. The zero-order chi connectivity index (χ0) is 15.1. The number of para-hydroxylation sites is 2. The monoisotopic (exact) mass is 288 g/mol. The van der Waals surface area contributed by atoms with Crippen LogP contribution in [0.2, 0.25) is 0 Å². The normalized spacial score (nSPS) is 9.76. The van der Waals surface area contributed by atoms with Gasteiger partial charge >= 0.3 is 6.09 Å². The van der Waals surface area contributed by atoms with Crippen LogP contribution in [0.15, 0.2) is 54.6 Å². The number of halogens is 1. The van der Waals surface area contributed by atoms with E-state index in [1.54, 1.807) is 36.4 Å². The van der Waals surface area contributed by atoms with E-state index in [9.17, 15) is 14.0 Å². The first-order chi connectivity index (χ1) is 10.1. The Labute approximate surface area is 120 Å². The minimum atomic E-state index is -0.759. The molecule has 0 aliphatic carbocycles. The molecule has 2 rings (SSSR count). The predicted octanol–water partition coefficient (Wildman–Crippen LogP) is 2.55. The molecule has 0 saturated carbocycles. The zero-order valence-corrected chi connectivity index (χ0v) is 11.0. The molecular weight excluding hydrogens is 275 g/mol. The van der Waals surface area contributed by atoms with Crippen LogP contribution in [0.4, 0.5) is 14.9 Å². The lowest BCUT2D eigenvalue weighted by Gasteiger charge is -2.08. The zero-order valence-electron chi connectivity index (χ0n) is 11.0. The average molecular weight is 288 g/mol. The standard InChI is InChI=1S/C15H13FN2O3/c16-12-8-4-5-9-13(12)18-14(19)10-17-15(20)21-11-6-2-1-3-7-11/h1-9H,10H2,(H,17,20)(H,18,19). The maximum atomic E-state index is 13.3. The molecule has 0 saturated heterocycles. The van der Waals surface area contributed by atoms with E-state index in [1.807, 2.05) is 0 Å². The van der Waals surface area contributed by atoms with Crippen LogP contribution < -0.4 is 15.4 Å². The second-order valence-electron chi connectivity index (χ2n) is 4.08. The van der Waals surface area contributed by atoms with Crippen LogP contribution >= 0.6 is 0 Å². The van der Waals surface area contributed by atoms with Crippen molar-refractivity contribution in [3.8, 4) is 5.75 Å². The molecule has 0 unspecified atom stereocenters. The van der Waals surface area contributed by atoms with Gasteiger partial charge in [-0.05, 0) is 24.3 Å². The fraction of sp³-hybridized carbons (Fsp3) is 0.0667. The van der Waals surface area contributed by atoms with Gasteiger partial charge in [0.15, 0.2) is 0 Å². The van der Waals surface area contributed by atoms with Gasteiger partial charge in [0.1, 0.15) is 18.1 Å². The maximum Gasteiger partial charge on any atom is 0.413 e. The molecule has 0 aromatic heterocycles. The van der Waals surface area contributed by atoms with Crippen LogP contribution in [0.3, 0.4) is 0 Å². The number of hydrogen-bond acceptors (Lipinski definition) is 3. The van der Waals surface area contributed by atoms with Crippen molar-refractivity contribution >= 4 is 17.7 Å². The predicted molar refractivity (Wildman–Crippen MR) is 75.5 cm³/mol. The van der Waals surface area contributed by atoms with E-state index >= 15 is 0 Å². The third-order valence-electron chi connectivity index (χ3n) is 2.49. The molecule has 0 atom stereocenters. The molecule has 0 heterocycles. The molecule has 0 bridgehead atoms. The summed E-state index contributed by atoms with van der Waals surface area (Å²) in [6.45, 7) is -0.319. The SMILES string of the molecule is O=C(CNC(=O)Oc1ccccc1)Nc1ccccc1F. The van der Waals surface area contributed by atoms with Crippen LogP contribution in [0.1, 0.15) is 0 Å². The molecule has 0 aliphatic rings. The second kappa shape index (κ2) is 7.04. The molecule has 2 aromatic rings. The van der Waals surface area contributed by atoms with Gasteiger partial charge in [0.05, 0.1) is 5.69 Å². The Balaban J connectivity index is 1.79. The van der Waals surface area contributed by atoms with E-state index in [-0.39, 0.29) is 12.2 Å². The Morgan fingerprint density at radius 2 is 1.67 bits per heavy atom. The highest BCUT2D eigenvalue weighted by Crippen LogP contribution is 2.12. The summed E-state index contributed by atoms with van der Waals surface area (Å²) in [6.07, 6.45) is -0.759. The van der Waals surface area contributed by atoms with E-state index in [4.69, 9.17) is 4.74 Å². The van der Waals surface area contributed by atoms with E-state index in [2.05, 4.69) is 10.6 Å². The highest BCUT2D eigenvalue weighted by molar-refractivity contribution is 5.94. The number of nitrogens with one attached hydrogen (secondary N) is 2. The highest BCUT2D eigenvalue weighted by Gasteiger charge is 2.09. The van der Waals surface area contributed by atoms with E-state index < -0.39 is 17.8 Å². The molecule has 0 spiro atoms. The lowest BCUT2D eigenvalue weighted by molar-refractivity contribution is -0.115. The van der Waals surface area contributed by atoms with Gasteiger partial charge in [-0.15, -0.1) is 0 Å². The Morgan fingerprint density at radius 3 is 2.38 bits per heavy atom. The van der Waals surface area contributed by atoms with Crippen molar-refractivity contribution in [1.82, 2.24) is 5.32 Å². The van der Waals surface area contributed by atoms with Crippen LogP contribution in [-0.4, -0.2) is 18.5 Å². The van der Waals surface area contributed by atoms with Crippen molar-refractivity contribution in [2.24, 2.45) is 0 Å². The number of ether oxygens (including phenoxy) is 1. The maximum absolute atomic E-state index is 13.3. The summed E-state index contributed by atoms with van der Waals surface area (Å²) in [5.74, 6) is -0.729. The summed E-state index contributed by atoms with van der Waals surface area (Å²) in [6, 6.07) is 14.2. The molecule has 108 valence electrons. The van der Waals surface area contributed by atoms with Gasteiger partial charge in [0, 0.05) is 0 Å². The first-order valence-corrected chi connectivity index (χ1v) is 6.20. The van der Waals surface area contributed by atoms with Crippen LogP contribution in [0.5, 0.6) is 5.75 Å². The fourth-order valence-electron chi connectivity index (χ4n) is 1.54. The Bertz CT molecular complexity index is 632. The number of carbonyl (C=O) groups is 2. The van der Waals surface area contributed by atoms with Crippen molar-refractivity contribution < 1.29 is 18.7 Å². The molecule has 5 nitrogen and oxygen atoms in total. The van der Waals surface area contributed by atoms with Gasteiger partial charge in [-0.25, -0.2) is 9.18 Å². The van der Waals surface area contributed by atoms with Crippen molar-refractivity contribution in [1.29, 1.82) is 0 Å². The van der Waals surface area contributed by atoms with Gasteiger partial charge < -0.3 is 15.4 Å². The van der Waals surface area contributed by atoms with E-state index in [0.717, 1.165) is 0 Å². The van der Waals surface area contributed by atoms with Crippen LogP contribution in [-0.2, 0) is 4.79 Å². The molecule has 6 heteroatoms. The first-order valence-electron chi connectivity index (χ1n) is 6.20. The van der Waals surface area contributed by atoms with Gasteiger partial charge in [-0.3, -0.25) is 4.79 Å². The summed E-state index contributed by atoms with van der Waals surface area (Å²) in [5.41, 5.74) is 0.0562. The Morgan fingerprint density at radius 1 is 1.00 bits per heavy atom. The molecular formula is C15H13FN2O3. The summed E-state index contributed by atoms with van der Waals surface area (Å²) in [4.78, 5) is 23.0. The molecule has 2 aromatic carbocycles. The average Bonchev–Trinajstić information content (AvgIpc) is 2.49. The Hall–Kier alpha value is -2.89. The van der Waals surface area contributed by atoms with Crippen LogP contribution in [0.25, 0.3) is 0 Å². The molecule has 2 amide bonds. The number of benzene rings is 2. The summed E-state index contributed by atoms with van der Waals surface area (Å²) in [7, 11) is 0. The largest absolute Gasteiger partial charge is 0.413 e. The summed E-state index contributed by atoms with van der Waals surface area (Å²) in [5, 5.41) is 4.62. The minimum Gasteiger partial charge on any atom is -0.410 e. The van der Waals surface area contributed by atoms with Crippen molar-refractivity contribution in [2.45, 2.75) is 0 Å². The van der Waals surface area contributed by atoms with E-state index in [0.29, 0.717) is 5.75 Å². The molecule has 0 aliphatic heterocycles. The van der Waals surface area contributed by atoms with Gasteiger partial charge in [0.2, 0.25) is 5.91 Å². The van der Waals surface area contributed by atoms with Gasteiger partial charge in [-0.2, -0.15) is 0 Å². The number of hydrogen-bond donors (Lipinski definition) is 2.